The Morgan fingerprint density at radius 2 is 1.75 bits per heavy atom. The summed E-state index contributed by atoms with van der Waals surface area (Å²) in [6, 6.07) is 12.7. The summed E-state index contributed by atoms with van der Waals surface area (Å²) in [5.74, 6) is -0.523. The van der Waals surface area contributed by atoms with Crippen LogP contribution >= 0.6 is 0 Å². The molecule has 3 aliphatic rings. The van der Waals surface area contributed by atoms with Crippen molar-refractivity contribution in [1.82, 2.24) is 40.5 Å². The second-order valence-corrected chi connectivity index (χ2v) is 13.2. The molecule has 3 amide bonds. The number of likely N-dealkylation sites (tertiary alicyclic amines) is 1. The number of carbonyl (C=O) groups is 3. The second kappa shape index (κ2) is 13.5. The van der Waals surface area contributed by atoms with Gasteiger partial charge in [-0.3, -0.25) is 19.1 Å². The van der Waals surface area contributed by atoms with Gasteiger partial charge in [-0.25, -0.2) is 4.98 Å². The molecule has 1 saturated carbocycles. The predicted octanol–water partition coefficient (Wildman–Crippen LogP) is 2.84. The molecule has 4 N–H and O–H groups in total. The molecule has 3 aromatic heterocycles. The third kappa shape index (κ3) is 6.21. The van der Waals surface area contributed by atoms with Crippen LogP contribution in [0.25, 0.3) is 11.1 Å². The fraction of sp³-hybridized carbons (Fsp3) is 0.400. The van der Waals surface area contributed by atoms with Crippen LogP contribution in [0.2, 0.25) is 0 Å². The number of nitrogens with zero attached hydrogens (tertiary/aromatic N) is 7. The van der Waals surface area contributed by atoms with Gasteiger partial charge in [-0.2, -0.15) is 5.10 Å². The van der Waals surface area contributed by atoms with E-state index in [4.69, 9.17) is 20.8 Å². The van der Waals surface area contributed by atoms with Crippen LogP contribution in [-0.4, -0.2) is 97.0 Å². The van der Waals surface area contributed by atoms with E-state index in [0.717, 1.165) is 47.5 Å². The summed E-state index contributed by atoms with van der Waals surface area (Å²) in [5, 5.41) is 23.4. The van der Waals surface area contributed by atoms with Gasteiger partial charge < -0.3 is 31.1 Å². The van der Waals surface area contributed by atoms with E-state index in [2.05, 4.69) is 66.1 Å². The standard InChI is InChI=1S/C35H39B2N11O3/c1-5-26-31-22(16-40-48(31)20-17-47(18-20)35(36,37)27-12-8-11-24(42-27)33(50)39-6-2)21-9-7-10-23(30(21)46(26)4)41-25-15-28(43-32(49)19-13-14-19)44-45-29(25)34(51)38-3/h7-12,15-16,19-20,26H,5-6,13-14,17-18H2,1-4H3,(H,38,51)(H,39,50)(H2,41,43,44,49)/t26-/m0/s1. The zero-order chi connectivity index (χ0) is 36.0. The molecular formula is C35H39B2N11O3. The number of aromatic nitrogens is 5. The Morgan fingerprint density at radius 1 is 0.980 bits per heavy atom. The highest BCUT2D eigenvalue weighted by Gasteiger charge is 2.43. The lowest BCUT2D eigenvalue weighted by atomic mass is 9.57. The van der Waals surface area contributed by atoms with E-state index in [-0.39, 0.29) is 47.0 Å². The molecule has 5 heterocycles. The van der Waals surface area contributed by atoms with Crippen LogP contribution < -0.4 is 26.2 Å². The van der Waals surface area contributed by atoms with Gasteiger partial charge in [0.25, 0.3) is 11.8 Å². The number of nitrogens with one attached hydrogen (secondary N) is 4. The molecule has 1 aliphatic carbocycles. The van der Waals surface area contributed by atoms with Gasteiger partial charge in [0, 0.05) is 62.5 Å². The first kappa shape index (κ1) is 34.2. The van der Waals surface area contributed by atoms with E-state index in [9.17, 15) is 14.4 Å². The first-order chi connectivity index (χ1) is 24.5. The van der Waals surface area contributed by atoms with Gasteiger partial charge >= 0.3 is 0 Å². The summed E-state index contributed by atoms with van der Waals surface area (Å²) >= 11 is 0. The highest BCUT2D eigenvalue weighted by atomic mass is 16.2. The lowest BCUT2D eigenvalue weighted by Crippen LogP contribution is -2.60. The van der Waals surface area contributed by atoms with Gasteiger partial charge in [-0.15, -0.1) is 10.2 Å². The molecular weight excluding hydrogens is 644 g/mol. The third-order valence-corrected chi connectivity index (χ3v) is 9.85. The maximum Gasteiger partial charge on any atom is 0.273 e. The van der Waals surface area contributed by atoms with Crippen LogP contribution in [0.1, 0.15) is 77.6 Å². The van der Waals surface area contributed by atoms with Crippen LogP contribution in [0, 0.1) is 5.92 Å². The SMILES string of the molecule is [B]C([B])(c1cccc(C(=O)NCC)n1)N1CC(n2ncc3c2[C@H](CC)N(C)c2c(Nc4cc(NC(=O)C5CC5)nnc4C(=O)NC)cccc2-3)C1. The summed E-state index contributed by atoms with van der Waals surface area (Å²) in [5.41, 5.74) is 5.98. The van der Waals surface area contributed by atoms with Crippen molar-refractivity contribution in [2.24, 2.45) is 5.92 Å². The Bertz CT molecular complexity index is 2010. The molecule has 4 radical (unpaired) electrons. The Morgan fingerprint density at radius 3 is 2.45 bits per heavy atom. The van der Waals surface area contributed by atoms with Crippen molar-refractivity contribution in [1.29, 1.82) is 0 Å². The zero-order valence-electron chi connectivity index (χ0n) is 29.1. The Hall–Kier alpha value is -5.24. The molecule has 0 unspecified atom stereocenters. The normalized spacial score (nSPS) is 17.2. The van der Waals surface area contributed by atoms with Gasteiger partial charge in [0.1, 0.15) is 5.69 Å². The summed E-state index contributed by atoms with van der Waals surface area (Å²) in [7, 11) is 16.9. The molecule has 4 aromatic rings. The number of rotatable bonds is 11. The van der Waals surface area contributed by atoms with Gasteiger partial charge in [-0.05, 0) is 49.7 Å². The molecule has 2 fully saturated rings. The topological polar surface area (TPSA) is 162 Å². The number of pyridine rings is 1. The number of para-hydroxylation sites is 1. The van der Waals surface area contributed by atoms with E-state index in [1.807, 2.05) is 30.2 Å². The van der Waals surface area contributed by atoms with Crippen molar-refractivity contribution in [3.05, 3.63) is 71.4 Å². The van der Waals surface area contributed by atoms with Crippen molar-refractivity contribution in [2.45, 2.75) is 50.5 Å². The monoisotopic (exact) mass is 683 g/mol. The van der Waals surface area contributed by atoms with Crippen molar-refractivity contribution < 1.29 is 14.4 Å². The third-order valence-electron chi connectivity index (χ3n) is 9.85. The van der Waals surface area contributed by atoms with Crippen molar-refractivity contribution >= 4 is 56.3 Å². The maximum atomic E-state index is 12.8. The molecule has 1 aromatic carbocycles. The van der Waals surface area contributed by atoms with E-state index >= 15 is 0 Å². The van der Waals surface area contributed by atoms with Crippen molar-refractivity contribution in [3.63, 3.8) is 0 Å². The lowest BCUT2D eigenvalue weighted by molar-refractivity contribution is -0.117. The fourth-order valence-corrected chi connectivity index (χ4v) is 6.91. The smallest absolute Gasteiger partial charge is 0.273 e. The average Bonchev–Trinajstić information content (AvgIpc) is 3.88. The highest BCUT2D eigenvalue weighted by Crippen LogP contribution is 2.50. The number of amides is 3. The fourth-order valence-electron chi connectivity index (χ4n) is 6.91. The van der Waals surface area contributed by atoms with Gasteiger partial charge in [0.05, 0.1) is 56.7 Å². The van der Waals surface area contributed by atoms with Crippen LogP contribution in [0.3, 0.4) is 0 Å². The van der Waals surface area contributed by atoms with Crippen LogP contribution in [0.5, 0.6) is 0 Å². The quantitative estimate of drug-likeness (QED) is 0.173. The highest BCUT2D eigenvalue weighted by molar-refractivity contribution is 6.39. The first-order valence-electron chi connectivity index (χ1n) is 17.2. The first-order valence-corrected chi connectivity index (χ1v) is 17.2. The summed E-state index contributed by atoms with van der Waals surface area (Å²) in [4.78, 5) is 46.4. The number of fused-ring (bicyclic) bond motifs is 3. The predicted molar refractivity (Wildman–Crippen MR) is 195 cm³/mol. The number of hydrogen-bond acceptors (Lipinski definition) is 10. The second-order valence-electron chi connectivity index (χ2n) is 13.2. The maximum absolute atomic E-state index is 12.8. The minimum Gasteiger partial charge on any atom is -0.364 e. The molecule has 258 valence electrons. The molecule has 0 spiro atoms. The molecule has 7 rings (SSSR count). The molecule has 0 bridgehead atoms. The summed E-state index contributed by atoms with van der Waals surface area (Å²) in [6.45, 7) is 5.56. The summed E-state index contributed by atoms with van der Waals surface area (Å²) in [6.07, 6.45) is 4.41. The average molecular weight is 683 g/mol. The van der Waals surface area contributed by atoms with Crippen molar-refractivity contribution in [3.8, 4) is 11.1 Å². The largest absolute Gasteiger partial charge is 0.364 e. The lowest BCUT2D eigenvalue weighted by Gasteiger charge is -2.50. The molecule has 1 atom stereocenters. The Kier molecular flexibility index (Phi) is 9.04. The van der Waals surface area contributed by atoms with Crippen LogP contribution in [0.4, 0.5) is 22.9 Å². The number of carbonyl (C=O) groups excluding carboxylic acids is 3. The Labute approximate surface area is 299 Å². The van der Waals surface area contributed by atoms with Crippen molar-refractivity contribution in [2.75, 3.05) is 49.3 Å². The number of hydrogen-bond donors (Lipinski definition) is 4. The summed E-state index contributed by atoms with van der Waals surface area (Å²) < 4.78 is 2.08. The Balaban J connectivity index is 1.17. The van der Waals surface area contributed by atoms with Gasteiger partial charge in [-0.1, -0.05) is 25.1 Å². The minimum atomic E-state index is -1.38. The van der Waals surface area contributed by atoms with Gasteiger partial charge in [0.2, 0.25) is 5.91 Å². The van der Waals surface area contributed by atoms with Crippen LogP contribution in [0.15, 0.2) is 48.7 Å². The molecule has 2 aliphatic heterocycles. The molecule has 1 saturated heterocycles. The molecule has 16 heteroatoms. The molecule has 14 nitrogen and oxygen atoms in total. The minimum absolute atomic E-state index is 0.0111. The van der Waals surface area contributed by atoms with E-state index in [1.54, 1.807) is 24.3 Å². The van der Waals surface area contributed by atoms with E-state index in [1.165, 1.54) is 7.05 Å². The van der Waals surface area contributed by atoms with Crippen LogP contribution in [-0.2, 0) is 10.1 Å². The molecule has 51 heavy (non-hydrogen) atoms. The number of benzene rings is 1. The van der Waals surface area contributed by atoms with E-state index < -0.39 is 11.2 Å². The van der Waals surface area contributed by atoms with Gasteiger partial charge in [0.15, 0.2) is 11.5 Å². The zero-order valence-corrected chi connectivity index (χ0v) is 29.1. The van der Waals surface area contributed by atoms with E-state index in [0.29, 0.717) is 31.0 Å². The number of anilines is 4.